The Balaban J connectivity index is 1.20. The van der Waals surface area contributed by atoms with Gasteiger partial charge >= 0.3 is 0 Å². The molecule has 2 aliphatic heterocycles. The van der Waals surface area contributed by atoms with Gasteiger partial charge in [-0.1, -0.05) is 30.3 Å². The van der Waals surface area contributed by atoms with E-state index in [1.54, 1.807) is 30.7 Å². The quantitative estimate of drug-likeness (QED) is 0.573. The number of rotatable bonds is 5. The van der Waals surface area contributed by atoms with Gasteiger partial charge in [0.25, 0.3) is 5.56 Å². The molecule has 0 saturated carbocycles. The Hall–Kier alpha value is -3.75. The van der Waals surface area contributed by atoms with E-state index in [0.29, 0.717) is 32.1 Å². The first-order valence-corrected chi connectivity index (χ1v) is 11.8. The molecule has 2 aromatic heterocycles. The van der Waals surface area contributed by atoms with Gasteiger partial charge in [0, 0.05) is 57.7 Å². The lowest BCUT2D eigenvalue weighted by Crippen LogP contribution is -2.53. The van der Waals surface area contributed by atoms with Crippen molar-refractivity contribution >= 4 is 17.5 Å². The summed E-state index contributed by atoms with van der Waals surface area (Å²) in [5, 5.41) is 4.40. The van der Waals surface area contributed by atoms with Crippen molar-refractivity contribution in [3.63, 3.8) is 0 Å². The molecule has 3 aromatic rings. The van der Waals surface area contributed by atoms with Crippen molar-refractivity contribution < 1.29 is 4.79 Å². The SMILES string of the molecule is O=C([C@@H]1CCCN(c2cnn(Cc3ccccc3)c(=O)c2)C1)N1CCN(c2ncccn2)CC1. The zero-order valence-electron chi connectivity index (χ0n) is 19.2. The van der Waals surface area contributed by atoms with E-state index in [9.17, 15) is 9.59 Å². The number of aromatic nitrogens is 4. The zero-order chi connectivity index (χ0) is 23.3. The third kappa shape index (κ3) is 4.93. The van der Waals surface area contributed by atoms with Gasteiger partial charge in [-0.05, 0) is 24.5 Å². The largest absolute Gasteiger partial charge is 0.369 e. The van der Waals surface area contributed by atoms with Crippen LogP contribution in [0.4, 0.5) is 11.6 Å². The maximum atomic E-state index is 13.3. The summed E-state index contributed by atoms with van der Waals surface area (Å²) in [6, 6.07) is 13.3. The number of anilines is 2. The smallest absolute Gasteiger partial charge is 0.269 e. The van der Waals surface area contributed by atoms with Crippen LogP contribution in [0.2, 0.25) is 0 Å². The normalized spacial score (nSPS) is 18.7. The first-order valence-electron chi connectivity index (χ1n) is 11.8. The summed E-state index contributed by atoms with van der Waals surface area (Å²) in [5.74, 6) is 0.844. The van der Waals surface area contributed by atoms with E-state index in [1.807, 2.05) is 35.2 Å². The highest BCUT2D eigenvalue weighted by molar-refractivity contribution is 5.80. The third-order valence-corrected chi connectivity index (χ3v) is 6.59. The second-order valence-corrected chi connectivity index (χ2v) is 8.84. The first-order chi connectivity index (χ1) is 16.7. The molecule has 2 aliphatic rings. The van der Waals surface area contributed by atoms with Crippen molar-refractivity contribution in [2.45, 2.75) is 19.4 Å². The summed E-state index contributed by atoms with van der Waals surface area (Å²) in [5.41, 5.74) is 1.69. The molecule has 5 rings (SSSR count). The molecule has 9 heteroatoms. The van der Waals surface area contributed by atoms with Gasteiger partial charge in [0.05, 0.1) is 24.3 Å². The van der Waals surface area contributed by atoms with Crippen LogP contribution in [0.3, 0.4) is 0 Å². The van der Waals surface area contributed by atoms with Crippen LogP contribution in [0.1, 0.15) is 18.4 Å². The number of carbonyl (C=O) groups excluding carboxylic acids is 1. The highest BCUT2D eigenvalue weighted by Crippen LogP contribution is 2.24. The van der Waals surface area contributed by atoms with Crippen molar-refractivity contribution in [1.82, 2.24) is 24.6 Å². The molecule has 9 nitrogen and oxygen atoms in total. The van der Waals surface area contributed by atoms with Crippen molar-refractivity contribution in [1.29, 1.82) is 0 Å². The predicted molar refractivity (Wildman–Crippen MR) is 130 cm³/mol. The maximum Gasteiger partial charge on any atom is 0.269 e. The van der Waals surface area contributed by atoms with Gasteiger partial charge in [0.15, 0.2) is 0 Å². The van der Waals surface area contributed by atoms with Crippen LogP contribution in [0.25, 0.3) is 0 Å². The maximum absolute atomic E-state index is 13.3. The number of benzene rings is 1. The molecule has 1 amide bonds. The van der Waals surface area contributed by atoms with Gasteiger partial charge < -0.3 is 14.7 Å². The van der Waals surface area contributed by atoms with Gasteiger partial charge in [-0.3, -0.25) is 9.59 Å². The van der Waals surface area contributed by atoms with Crippen LogP contribution in [0, 0.1) is 5.92 Å². The number of hydrogen-bond acceptors (Lipinski definition) is 7. The summed E-state index contributed by atoms with van der Waals surface area (Å²) in [4.78, 5) is 40.8. The monoisotopic (exact) mass is 459 g/mol. The Morgan fingerprint density at radius 1 is 0.941 bits per heavy atom. The van der Waals surface area contributed by atoms with Gasteiger partial charge in [0.2, 0.25) is 11.9 Å². The standard InChI is InChI=1S/C25H29N7O2/c33-23-16-22(17-28-32(23)18-20-6-2-1-3-7-20)31-11-4-8-21(19-31)24(34)29-12-14-30(15-13-29)25-26-9-5-10-27-25/h1-3,5-7,9-10,16-17,21H,4,8,11-15,18-19H2/t21-/m1/s1. The number of piperazine rings is 1. The van der Waals surface area contributed by atoms with E-state index in [0.717, 1.165) is 43.7 Å². The summed E-state index contributed by atoms with van der Waals surface area (Å²) < 4.78 is 1.47. The van der Waals surface area contributed by atoms with E-state index in [-0.39, 0.29) is 17.4 Å². The van der Waals surface area contributed by atoms with Gasteiger partial charge in [0.1, 0.15) is 0 Å². The van der Waals surface area contributed by atoms with Gasteiger partial charge in [-0.25, -0.2) is 14.6 Å². The molecule has 1 atom stereocenters. The highest BCUT2D eigenvalue weighted by atomic mass is 16.2. The molecule has 0 aliphatic carbocycles. The third-order valence-electron chi connectivity index (χ3n) is 6.59. The molecule has 1 aromatic carbocycles. The minimum atomic E-state index is -0.131. The fraction of sp³-hybridized carbons (Fsp3) is 0.400. The summed E-state index contributed by atoms with van der Waals surface area (Å²) in [6.07, 6.45) is 7.02. The van der Waals surface area contributed by atoms with Crippen molar-refractivity contribution in [2.24, 2.45) is 5.92 Å². The van der Waals surface area contributed by atoms with Crippen LogP contribution < -0.4 is 15.4 Å². The lowest BCUT2D eigenvalue weighted by molar-refractivity contribution is -0.136. The van der Waals surface area contributed by atoms with Crippen LogP contribution in [0.5, 0.6) is 0 Å². The van der Waals surface area contributed by atoms with Crippen LogP contribution in [0.15, 0.2) is 65.8 Å². The van der Waals surface area contributed by atoms with Crippen LogP contribution >= 0.6 is 0 Å². The van der Waals surface area contributed by atoms with E-state index >= 15 is 0 Å². The summed E-state index contributed by atoms with van der Waals surface area (Å²) >= 11 is 0. The molecule has 0 bridgehead atoms. The molecule has 176 valence electrons. The lowest BCUT2D eigenvalue weighted by Gasteiger charge is -2.39. The fourth-order valence-corrected chi connectivity index (χ4v) is 4.72. The molecule has 0 N–H and O–H groups in total. The molecular weight excluding hydrogens is 430 g/mol. The van der Waals surface area contributed by atoms with Crippen LogP contribution in [-0.4, -0.2) is 69.8 Å². The second kappa shape index (κ2) is 10.0. The Labute approximate surface area is 198 Å². The summed E-state index contributed by atoms with van der Waals surface area (Å²) in [7, 11) is 0. The molecule has 2 saturated heterocycles. The van der Waals surface area contributed by atoms with Gasteiger partial charge in [-0.15, -0.1) is 0 Å². The molecule has 4 heterocycles. The number of hydrogen-bond donors (Lipinski definition) is 0. The van der Waals surface area contributed by atoms with E-state index in [1.165, 1.54) is 4.68 Å². The summed E-state index contributed by atoms with van der Waals surface area (Å²) in [6.45, 7) is 4.69. The molecule has 0 radical (unpaired) electrons. The van der Waals surface area contributed by atoms with E-state index in [2.05, 4.69) is 24.9 Å². The second-order valence-electron chi connectivity index (χ2n) is 8.84. The van der Waals surface area contributed by atoms with Crippen molar-refractivity contribution in [2.75, 3.05) is 49.1 Å². The molecule has 2 fully saturated rings. The minimum Gasteiger partial charge on any atom is -0.369 e. The topological polar surface area (TPSA) is 87.5 Å². The number of piperidine rings is 1. The highest BCUT2D eigenvalue weighted by Gasteiger charge is 2.31. The number of nitrogens with zero attached hydrogens (tertiary/aromatic N) is 7. The molecule has 34 heavy (non-hydrogen) atoms. The Morgan fingerprint density at radius 2 is 1.71 bits per heavy atom. The zero-order valence-corrected chi connectivity index (χ0v) is 19.2. The van der Waals surface area contributed by atoms with E-state index in [4.69, 9.17) is 0 Å². The Bertz CT molecular complexity index is 1160. The molecule has 0 spiro atoms. The molecule has 0 unspecified atom stereocenters. The number of amides is 1. The first kappa shape index (κ1) is 22.1. The minimum absolute atomic E-state index is 0.0694. The average molecular weight is 460 g/mol. The Kier molecular flexibility index (Phi) is 6.51. The average Bonchev–Trinajstić information content (AvgIpc) is 2.91. The molecular formula is C25H29N7O2. The van der Waals surface area contributed by atoms with E-state index < -0.39 is 0 Å². The van der Waals surface area contributed by atoms with Crippen molar-refractivity contribution in [3.05, 3.63) is 77.0 Å². The lowest BCUT2D eigenvalue weighted by atomic mass is 9.96. The van der Waals surface area contributed by atoms with Crippen LogP contribution in [-0.2, 0) is 11.3 Å². The van der Waals surface area contributed by atoms with Gasteiger partial charge in [-0.2, -0.15) is 5.10 Å². The van der Waals surface area contributed by atoms with Crippen molar-refractivity contribution in [3.8, 4) is 0 Å². The predicted octanol–water partition coefficient (Wildman–Crippen LogP) is 1.65. The Morgan fingerprint density at radius 3 is 2.44 bits per heavy atom. The fourth-order valence-electron chi connectivity index (χ4n) is 4.72. The number of carbonyl (C=O) groups is 1.